The van der Waals surface area contributed by atoms with E-state index < -0.39 is 5.92 Å². The second-order valence-corrected chi connectivity index (χ2v) is 3.74. The van der Waals surface area contributed by atoms with Gasteiger partial charge in [0.25, 0.3) is 0 Å². The third-order valence-electron chi connectivity index (χ3n) is 2.63. The Morgan fingerprint density at radius 2 is 1.85 bits per heavy atom. The van der Waals surface area contributed by atoms with E-state index in [1.165, 1.54) is 13.8 Å². The average Bonchev–Trinajstić information content (AvgIpc) is 2.34. The summed E-state index contributed by atoms with van der Waals surface area (Å²) in [6.45, 7) is 2.85. The molecule has 0 aromatic heterocycles. The molecule has 1 fully saturated rings. The van der Waals surface area contributed by atoms with Crippen molar-refractivity contribution in [1.29, 1.82) is 0 Å². The van der Waals surface area contributed by atoms with E-state index in [-0.39, 0.29) is 23.3 Å². The summed E-state index contributed by atoms with van der Waals surface area (Å²) in [6, 6.07) is 0. The first-order valence-corrected chi connectivity index (χ1v) is 4.55. The fourth-order valence-electron chi connectivity index (χ4n) is 2.08. The fourth-order valence-corrected chi connectivity index (χ4v) is 2.08. The highest BCUT2D eigenvalue weighted by Gasteiger charge is 2.34. The number of carbonyl (C=O) groups is 3. The smallest absolute Gasteiger partial charge is 0.140 e. The predicted octanol–water partition coefficient (Wildman–Crippen LogP) is 1.15. The molecule has 1 unspecified atom stereocenters. The van der Waals surface area contributed by atoms with Crippen LogP contribution in [0, 0.1) is 11.8 Å². The van der Waals surface area contributed by atoms with Crippen LogP contribution in [0.1, 0.15) is 33.1 Å². The maximum absolute atomic E-state index is 11.1. The van der Waals surface area contributed by atoms with Gasteiger partial charge in [0.1, 0.15) is 17.3 Å². The van der Waals surface area contributed by atoms with E-state index in [1.54, 1.807) is 0 Å². The Morgan fingerprint density at radius 1 is 1.31 bits per heavy atom. The fraction of sp³-hybridized carbons (Fsp3) is 0.700. The van der Waals surface area contributed by atoms with Crippen molar-refractivity contribution in [3.63, 3.8) is 0 Å². The molecule has 0 spiro atoms. The molecular weight excluding hydrogens is 168 g/mol. The Kier molecular flexibility index (Phi) is 2.96. The lowest BCUT2D eigenvalue weighted by molar-refractivity contribution is -0.132. The van der Waals surface area contributed by atoms with Crippen molar-refractivity contribution in [2.75, 3.05) is 0 Å². The van der Waals surface area contributed by atoms with E-state index in [0.29, 0.717) is 19.3 Å². The largest absolute Gasteiger partial charge is 0.300 e. The molecule has 0 aliphatic heterocycles. The summed E-state index contributed by atoms with van der Waals surface area (Å²) in [7, 11) is 0. The lowest BCUT2D eigenvalue weighted by Crippen LogP contribution is -2.26. The van der Waals surface area contributed by atoms with E-state index in [9.17, 15) is 14.4 Å². The van der Waals surface area contributed by atoms with Crippen molar-refractivity contribution in [2.24, 2.45) is 11.8 Å². The minimum Gasteiger partial charge on any atom is -0.300 e. The van der Waals surface area contributed by atoms with E-state index >= 15 is 0 Å². The van der Waals surface area contributed by atoms with Crippen LogP contribution in [0.25, 0.3) is 0 Å². The molecule has 0 amide bonds. The number of ketones is 3. The Balaban J connectivity index is 2.71. The van der Waals surface area contributed by atoms with Gasteiger partial charge in [0.2, 0.25) is 0 Å². The number of Topliss-reactive ketones (excluding diaryl/α,β-unsaturated/α-hetero) is 3. The second-order valence-electron chi connectivity index (χ2n) is 3.74. The van der Waals surface area contributed by atoms with Crippen molar-refractivity contribution in [2.45, 2.75) is 33.1 Å². The van der Waals surface area contributed by atoms with Crippen LogP contribution in [0.15, 0.2) is 0 Å². The Hall–Kier alpha value is -0.990. The van der Waals surface area contributed by atoms with E-state index in [0.717, 1.165) is 0 Å². The van der Waals surface area contributed by atoms with E-state index in [2.05, 4.69) is 0 Å². The average molecular weight is 182 g/mol. The Labute approximate surface area is 77.5 Å². The molecule has 3 heteroatoms. The zero-order chi connectivity index (χ0) is 10.0. The zero-order valence-electron chi connectivity index (χ0n) is 8.00. The van der Waals surface area contributed by atoms with Crippen LogP contribution in [0.3, 0.4) is 0 Å². The molecule has 1 atom stereocenters. The van der Waals surface area contributed by atoms with Gasteiger partial charge in [-0.1, -0.05) is 0 Å². The Morgan fingerprint density at radius 3 is 2.15 bits per heavy atom. The van der Waals surface area contributed by atoms with Crippen molar-refractivity contribution in [3.05, 3.63) is 0 Å². The molecule has 1 rings (SSSR count). The molecular formula is C10H14O3. The SMILES string of the molecule is CC(=O)C(C(C)=O)C1CCC(=O)C1. The summed E-state index contributed by atoms with van der Waals surface area (Å²) >= 11 is 0. The quantitative estimate of drug-likeness (QED) is 0.615. The van der Waals surface area contributed by atoms with Crippen molar-refractivity contribution in [1.82, 2.24) is 0 Å². The summed E-state index contributed by atoms with van der Waals surface area (Å²) in [5.74, 6) is -0.592. The van der Waals surface area contributed by atoms with Gasteiger partial charge in [0.05, 0.1) is 5.92 Å². The first kappa shape index (κ1) is 10.1. The van der Waals surface area contributed by atoms with Gasteiger partial charge < -0.3 is 0 Å². The molecule has 1 aliphatic carbocycles. The maximum atomic E-state index is 11.1. The molecule has 0 bridgehead atoms. The normalized spacial score (nSPS) is 22.4. The summed E-state index contributed by atoms with van der Waals surface area (Å²) in [5, 5.41) is 0. The number of hydrogen-bond acceptors (Lipinski definition) is 3. The third-order valence-corrected chi connectivity index (χ3v) is 2.63. The van der Waals surface area contributed by atoms with Crippen LogP contribution >= 0.6 is 0 Å². The molecule has 1 aliphatic rings. The highest BCUT2D eigenvalue weighted by Crippen LogP contribution is 2.30. The third kappa shape index (κ3) is 2.23. The minimum atomic E-state index is -0.536. The zero-order valence-corrected chi connectivity index (χ0v) is 8.00. The standard InChI is InChI=1S/C10H14O3/c1-6(11)10(7(2)12)8-3-4-9(13)5-8/h8,10H,3-5H2,1-2H3. The minimum absolute atomic E-state index is 0.0255. The van der Waals surface area contributed by atoms with Crippen molar-refractivity contribution >= 4 is 17.3 Å². The first-order chi connectivity index (χ1) is 6.02. The summed E-state index contributed by atoms with van der Waals surface area (Å²) in [6.07, 6.45) is 1.63. The van der Waals surface area contributed by atoms with Crippen molar-refractivity contribution < 1.29 is 14.4 Å². The molecule has 0 heterocycles. The van der Waals surface area contributed by atoms with Gasteiger partial charge in [-0.15, -0.1) is 0 Å². The van der Waals surface area contributed by atoms with Crippen molar-refractivity contribution in [3.8, 4) is 0 Å². The van der Waals surface area contributed by atoms with E-state index in [1.807, 2.05) is 0 Å². The molecule has 72 valence electrons. The van der Waals surface area contributed by atoms with Gasteiger partial charge in [-0.05, 0) is 26.2 Å². The highest BCUT2D eigenvalue weighted by atomic mass is 16.2. The number of rotatable bonds is 3. The van der Waals surface area contributed by atoms with Gasteiger partial charge in [-0.3, -0.25) is 14.4 Å². The number of carbonyl (C=O) groups excluding carboxylic acids is 3. The lowest BCUT2D eigenvalue weighted by atomic mass is 9.85. The van der Waals surface area contributed by atoms with Crippen LogP contribution in [-0.4, -0.2) is 17.3 Å². The molecule has 13 heavy (non-hydrogen) atoms. The molecule has 0 N–H and O–H groups in total. The monoisotopic (exact) mass is 182 g/mol. The van der Waals surface area contributed by atoms with Gasteiger partial charge in [0, 0.05) is 12.8 Å². The van der Waals surface area contributed by atoms with Crippen LogP contribution in [-0.2, 0) is 14.4 Å². The number of hydrogen-bond donors (Lipinski definition) is 0. The summed E-state index contributed by atoms with van der Waals surface area (Å²) in [5.41, 5.74) is 0. The van der Waals surface area contributed by atoms with E-state index in [4.69, 9.17) is 0 Å². The van der Waals surface area contributed by atoms with Crippen LogP contribution in [0.2, 0.25) is 0 Å². The predicted molar refractivity (Wildman–Crippen MR) is 47.2 cm³/mol. The van der Waals surface area contributed by atoms with Crippen LogP contribution < -0.4 is 0 Å². The van der Waals surface area contributed by atoms with Gasteiger partial charge in [-0.2, -0.15) is 0 Å². The lowest BCUT2D eigenvalue weighted by Gasteiger charge is -2.16. The molecule has 1 saturated carbocycles. The maximum Gasteiger partial charge on any atom is 0.140 e. The Bertz CT molecular complexity index is 241. The van der Waals surface area contributed by atoms with Gasteiger partial charge in [0.15, 0.2) is 0 Å². The molecule has 0 saturated heterocycles. The molecule has 0 aromatic rings. The highest BCUT2D eigenvalue weighted by molar-refractivity contribution is 6.01. The second kappa shape index (κ2) is 3.81. The summed E-state index contributed by atoms with van der Waals surface area (Å²) in [4.78, 5) is 33.3. The van der Waals surface area contributed by atoms with Gasteiger partial charge in [-0.25, -0.2) is 0 Å². The summed E-state index contributed by atoms with van der Waals surface area (Å²) < 4.78 is 0. The molecule has 0 radical (unpaired) electrons. The molecule has 0 aromatic carbocycles. The van der Waals surface area contributed by atoms with Crippen LogP contribution in [0.4, 0.5) is 0 Å². The van der Waals surface area contributed by atoms with Crippen LogP contribution in [0.5, 0.6) is 0 Å². The first-order valence-electron chi connectivity index (χ1n) is 4.55. The van der Waals surface area contributed by atoms with Gasteiger partial charge >= 0.3 is 0 Å². The molecule has 3 nitrogen and oxygen atoms in total. The topological polar surface area (TPSA) is 51.2 Å².